The normalized spacial score (nSPS) is 26.7. The van der Waals surface area contributed by atoms with Gasteiger partial charge in [-0.3, -0.25) is 4.98 Å². The molecule has 3 unspecified atom stereocenters. The maximum absolute atomic E-state index is 10.2. The molecule has 0 radical (unpaired) electrons. The first-order valence-electron chi connectivity index (χ1n) is 5.49. The van der Waals surface area contributed by atoms with Gasteiger partial charge in [0.25, 0.3) is 0 Å². The van der Waals surface area contributed by atoms with Gasteiger partial charge in [0, 0.05) is 17.7 Å². The van der Waals surface area contributed by atoms with Gasteiger partial charge in [0.05, 0.1) is 32.1 Å². The van der Waals surface area contributed by atoms with E-state index in [-0.39, 0.29) is 12.0 Å². The molecule has 88 valence electrons. The Morgan fingerprint density at radius 3 is 3.00 bits per heavy atom. The Hall–Kier alpha value is -1.13. The summed E-state index contributed by atoms with van der Waals surface area (Å²) in [6.07, 6.45) is 3.91. The lowest BCUT2D eigenvalue weighted by atomic mass is 9.94. The van der Waals surface area contributed by atoms with Gasteiger partial charge in [0.2, 0.25) is 0 Å². The zero-order valence-corrected chi connectivity index (χ0v) is 9.59. The van der Waals surface area contributed by atoms with Crippen molar-refractivity contribution in [3.05, 3.63) is 24.0 Å². The number of pyridine rings is 1. The summed E-state index contributed by atoms with van der Waals surface area (Å²) in [5.74, 6) is 0.826. The van der Waals surface area contributed by atoms with Crippen LogP contribution in [0.15, 0.2) is 18.5 Å². The number of rotatable bonds is 3. The first-order valence-corrected chi connectivity index (χ1v) is 5.49. The third kappa shape index (κ3) is 2.33. The molecule has 1 fully saturated rings. The van der Waals surface area contributed by atoms with Crippen molar-refractivity contribution < 1.29 is 14.6 Å². The average Bonchev–Trinajstić information content (AvgIpc) is 2.75. The van der Waals surface area contributed by atoms with Crippen molar-refractivity contribution in [1.29, 1.82) is 0 Å². The number of aliphatic hydroxyl groups excluding tert-OH is 1. The summed E-state index contributed by atoms with van der Waals surface area (Å²) in [6.45, 7) is 2.64. The molecule has 2 heterocycles. The van der Waals surface area contributed by atoms with E-state index in [9.17, 15) is 5.11 Å². The molecule has 1 saturated heterocycles. The van der Waals surface area contributed by atoms with E-state index in [1.807, 2.05) is 13.0 Å². The number of hydrogen-bond donors (Lipinski definition) is 1. The lowest BCUT2D eigenvalue weighted by Crippen LogP contribution is -2.13. The van der Waals surface area contributed by atoms with Crippen LogP contribution in [0.25, 0.3) is 0 Å². The van der Waals surface area contributed by atoms with Crippen LogP contribution in [-0.4, -0.2) is 29.9 Å². The molecular formula is C12H17NO3. The van der Waals surface area contributed by atoms with Gasteiger partial charge in [0.15, 0.2) is 0 Å². The zero-order valence-electron chi connectivity index (χ0n) is 9.59. The Bertz CT molecular complexity index is 356. The molecule has 0 saturated carbocycles. The van der Waals surface area contributed by atoms with Gasteiger partial charge >= 0.3 is 0 Å². The summed E-state index contributed by atoms with van der Waals surface area (Å²) in [4.78, 5) is 4.04. The first kappa shape index (κ1) is 11.4. The number of aromatic nitrogens is 1. The minimum atomic E-state index is -0.521. The number of methoxy groups -OCH3 is 1. The van der Waals surface area contributed by atoms with Gasteiger partial charge in [-0.1, -0.05) is 0 Å². The molecule has 4 heteroatoms. The van der Waals surface area contributed by atoms with Crippen molar-refractivity contribution in [2.75, 3.05) is 13.7 Å². The predicted molar refractivity (Wildman–Crippen MR) is 59.3 cm³/mol. The van der Waals surface area contributed by atoms with Crippen molar-refractivity contribution in [3.8, 4) is 5.75 Å². The van der Waals surface area contributed by atoms with Gasteiger partial charge < -0.3 is 14.6 Å². The number of nitrogens with zero attached hydrogens (tertiary/aromatic N) is 1. The van der Waals surface area contributed by atoms with E-state index in [4.69, 9.17) is 9.47 Å². The third-order valence-corrected chi connectivity index (χ3v) is 2.99. The molecule has 1 aliphatic heterocycles. The molecule has 4 nitrogen and oxygen atoms in total. The summed E-state index contributed by atoms with van der Waals surface area (Å²) in [5.41, 5.74) is 0.794. The fourth-order valence-electron chi connectivity index (χ4n) is 2.05. The van der Waals surface area contributed by atoms with Gasteiger partial charge in [0.1, 0.15) is 5.75 Å². The quantitative estimate of drug-likeness (QED) is 0.844. The summed E-state index contributed by atoms with van der Waals surface area (Å²) in [6, 6.07) is 1.82. The van der Waals surface area contributed by atoms with E-state index < -0.39 is 6.10 Å². The summed E-state index contributed by atoms with van der Waals surface area (Å²) >= 11 is 0. The Balaban J connectivity index is 2.10. The second-order valence-corrected chi connectivity index (χ2v) is 4.24. The lowest BCUT2D eigenvalue weighted by molar-refractivity contribution is 0.0801. The molecule has 0 amide bonds. The molecule has 2 rings (SSSR count). The zero-order chi connectivity index (χ0) is 11.5. The molecule has 1 aromatic rings. The molecule has 3 atom stereocenters. The highest BCUT2D eigenvalue weighted by Crippen LogP contribution is 2.32. The van der Waals surface area contributed by atoms with E-state index in [1.54, 1.807) is 19.5 Å². The van der Waals surface area contributed by atoms with Crippen LogP contribution in [0.1, 0.15) is 25.0 Å². The molecule has 1 N–H and O–H groups in total. The monoisotopic (exact) mass is 223 g/mol. The highest BCUT2D eigenvalue weighted by molar-refractivity contribution is 5.25. The highest BCUT2D eigenvalue weighted by atomic mass is 16.5. The maximum atomic E-state index is 10.2. The first-order chi connectivity index (χ1) is 7.70. The van der Waals surface area contributed by atoms with Crippen LogP contribution in [0.2, 0.25) is 0 Å². The predicted octanol–water partition coefficient (Wildman–Crippen LogP) is 1.55. The second-order valence-electron chi connectivity index (χ2n) is 4.24. The Labute approximate surface area is 95.2 Å². The molecule has 1 aliphatic rings. The van der Waals surface area contributed by atoms with E-state index in [0.717, 1.165) is 12.0 Å². The Kier molecular flexibility index (Phi) is 3.41. The molecule has 0 spiro atoms. The van der Waals surface area contributed by atoms with Crippen molar-refractivity contribution >= 4 is 0 Å². The van der Waals surface area contributed by atoms with E-state index >= 15 is 0 Å². The fourth-order valence-corrected chi connectivity index (χ4v) is 2.05. The van der Waals surface area contributed by atoms with E-state index in [0.29, 0.717) is 12.4 Å². The number of aliphatic hydroxyl groups is 1. The van der Waals surface area contributed by atoms with Crippen molar-refractivity contribution in [2.45, 2.75) is 25.6 Å². The highest BCUT2D eigenvalue weighted by Gasteiger charge is 2.29. The maximum Gasteiger partial charge on any atom is 0.137 e. The molecule has 0 aromatic carbocycles. The summed E-state index contributed by atoms with van der Waals surface area (Å²) < 4.78 is 10.5. The minimum absolute atomic E-state index is 0.156. The van der Waals surface area contributed by atoms with Crippen LogP contribution >= 0.6 is 0 Å². The minimum Gasteiger partial charge on any atom is -0.495 e. The second kappa shape index (κ2) is 4.80. The van der Waals surface area contributed by atoms with Crippen molar-refractivity contribution in [1.82, 2.24) is 4.98 Å². The van der Waals surface area contributed by atoms with Gasteiger partial charge in [-0.15, -0.1) is 0 Å². The fraction of sp³-hybridized carbons (Fsp3) is 0.583. The average molecular weight is 223 g/mol. The standard InChI is InChI=1S/C12H17NO3/c1-8-3-10(7-16-8)12(14)9-4-11(15-2)6-13-5-9/h4-6,8,10,12,14H,3,7H2,1-2H3. The van der Waals surface area contributed by atoms with Crippen LogP contribution in [-0.2, 0) is 4.74 Å². The van der Waals surface area contributed by atoms with Gasteiger partial charge in [-0.05, 0) is 19.4 Å². The van der Waals surface area contributed by atoms with Crippen molar-refractivity contribution in [3.63, 3.8) is 0 Å². The molecular weight excluding hydrogens is 206 g/mol. The molecule has 1 aromatic heterocycles. The van der Waals surface area contributed by atoms with Crippen molar-refractivity contribution in [2.24, 2.45) is 5.92 Å². The summed E-state index contributed by atoms with van der Waals surface area (Å²) in [7, 11) is 1.59. The Morgan fingerprint density at radius 2 is 2.38 bits per heavy atom. The van der Waals surface area contributed by atoms with E-state index in [2.05, 4.69) is 4.98 Å². The molecule has 16 heavy (non-hydrogen) atoms. The van der Waals surface area contributed by atoms with Crippen LogP contribution in [0.5, 0.6) is 5.75 Å². The number of hydrogen-bond acceptors (Lipinski definition) is 4. The van der Waals surface area contributed by atoms with Crippen LogP contribution < -0.4 is 4.74 Å². The van der Waals surface area contributed by atoms with E-state index in [1.165, 1.54) is 0 Å². The lowest BCUT2D eigenvalue weighted by Gasteiger charge is -2.16. The summed E-state index contributed by atoms with van der Waals surface area (Å²) in [5, 5.41) is 10.2. The third-order valence-electron chi connectivity index (χ3n) is 2.99. The van der Waals surface area contributed by atoms with Crippen LogP contribution in [0.4, 0.5) is 0 Å². The largest absolute Gasteiger partial charge is 0.495 e. The Morgan fingerprint density at radius 1 is 1.56 bits per heavy atom. The number of ether oxygens (including phenoxy) is 2. The van der Waals surface area contributed by atoms with Crippen LogP contribution in [0.3, 0.4) is 0 Å². The van der Waals surface area contributed by atoms with Gasteiger partial charge in [-0.2, -0.15) is 0 Å². The van der Waals surface area contributed by atoms with Crippen LogP contribution in [0, 0.1) is 5.92 Å². The molecule has 0 aliphatic carbocycles. The molecule has 0 bridgehead atoms. The SMILES string of the molecule is COc1cncc(C(O)C2COC(C)C2)c1. The van der Waals surface area contributed by atoms with Gasteiger partial charge in [-0.25, -0.2) is 0 Å². The smallest absolute Gasteiger partial charge is 0.137 e. The topological polar surface area (TPSA) is 51.6 Å².